The van der Waals surface area contributed by atoms with Crippen LogP contribution in [0.25, 0.3) is 11.0 Å². The fourth-order valence-electron chi connectivity index (χ4n) is 3.88. The summed E-state index contributed by atoms with van der Waals surface area (Å²) in [7, 11) is 2.09. The lowest BCUT2D eigenvalue weighted by Gasteiger charge is -2.39. The van der Waals surface area contributed by atoms with E-state index in [4.69, 9.17) is 0 Å². The zero-order valence-electron chi connectivity index (χ0n) is 11.7. The number of nitrogens with one attached hydrogen (secondary N) is 1. The van der Waals surface area contributed by atoms with E-state index in [1.54, 1.807) is 0 Å². The smallest absolute Gasteiger partial charge is 0.106 e. The summed E-state index contributed by atoms with van der Waals surface area (Å²) in [5.41, 5.74) is 4.53. The first kappa shape index (κ1) is 11.5. The van der Waals surface area contributed by atoms with Gasteiger partial charge in [-0.1, -0.05) is 6.07 Å². The first-order valence-electron chi connectivity index (χ1n) is 7.31. The predicted octanol–water partition coefficient (Wildman–Crippen LogP) is 2.74. The van der Waals surface area contributed by atoms with Gasteiger partial charge in [-0.25, -0.2) is 4.98 Å². The summed E-state index contributed by atoms with van der Waals surface area (Å²) in [5.74, 6) is 1.84. The molecule has 1 unspecified atom stereocenters. The van der Waals surface area contributed by atoms with Gasteiger partial charge in [0, 0.05) is 20.1 Å². The maximum atomic E-state index is 4.67. The first-order chi connectivity index (χ1) is 9.17. The molecular weight excluding hydrogens is 234 g/mol. The largest absolute Gasteiger partial charge is 0.331 e. The molecule has 1 aromatic carbocycles. The lowest BCUT2D eigenvalue weighted by atomic mass is 9.79. The van der Waals surface area contributed by atoms with Crippen LogP contribution < -0.4 is 5.32 Å². The highest BCUT2D eigenvalue weighted by atomic mass is 15.0. The number of hydrogen-bond acceptors (Lipinski definition) is 2. The number of fused-ring (bicyclic) bond motifs is 1. The summed E-state index contributed by atoms with van der Waals surface area (Å²) in [4.78, 5) is 4.67. The standard InChI is InChI=1S/C16H21N3/c1-11-18-14-7-12(3-4-15(14)19(11)2)13-5-6-16(8-13)9-17-10-16/h3-4,7,13,17H,5-6,8-10H2,1-2H3. The van der Waals surface area contributed by atoms with Crippen molar-refractivity contribution >= 4 is 11.0 Å². The molecule has 1 aliphatic heterocycles. The average Bonchev–Trinajstić information content (AvgIpc) is 2.92. The van der Waals surface area contributed by atoms with Crippen molar-refractivity contribution in [3.63, 3.8) is 0 Å². The predicted molar refractivity (Wildman–Crippen MR) is 77.3 cm³/mol. The SMILES string of the molecule is Cc1nc2cc(C3CCC4(CNC4)C3)ccc2n1C. The molecule has 1 spiro atoms. The van der Waals surface area contributed by atoms with Gasteiger partial charge in [0.2, 0.25) is 0 Å². The van der Waals surface area contributed by atoms with Gasteiger partial charge in [0.25, 0.3) is 0 Å². The van der Waals surface area contributed by atoms with Crippen molar-refractivity contribution in [3.8, 4) is 0 Å². The molecule has 1 N–H and O–H groups in total. The molecule has 19 heavy (non-hydrogen) atoms. The molecule has 3 nitrogen and oxygen atoms in total. The Kier molecular flexibility index (Phi) is 2.31. The highest BCUT2D eigenvalue weighted by Crippen LogP contribution is 2.48. The van der Waals surface area contributed by atoms with Gasteiger partial charge in [0.05, 0.1) is 11.0 Å². The Morgan fingerprint density at radius 3 is 2.89 bits per heavy atom. The second kappa shape index (κ2) is 3.83. The monoisotopic (exact) mass is 255 g/mol. The van der Waals surface area contributed by atoms with Gasteiger partial charge in [-0.2, -0.15) is 0 Å². The third-order valence-electron chi connectivity index (χ3n) is 5.30. The summed E-state index contributed by atoms with van der Waals surface area (Å²) in [6.45, 7) is 4.53. The molecule has 4 rings (SSSR count). The molecule has 1 saturated carbocycles. The van der Waals surface area contributed by atoms with E-state index in [0.29, 0.717) is 5.41 Å². The van der Waals surface area contributed by atoms with Crippen LogP contribution in [0.3, 0.4) is 0 Å². The van der Waals surface area contributed by atoms with Crippen molar-refractivity contribution in [1.82, 2.24) is 14.9 Å². The number of rotatable bonds is 1. The van der Waals surface area contributed by atoms with Gasteiger partial charge < -0.3 is 9.88 Å². The van der Waals surface area contributed by atoms with E-state index in [1.165, 1.54) is 43.4 Å². The van der Waals surface area contributed by atoms with Crippen molar-refractivity contribution in [2.45, 2.75) is 32.1 Å². The zero-order chi connectivity index (χ0) is 13.0. The third-order valence-corrected chi connectivity index (χ3v) is 5.30. The van der Waals surface area contributed by atoms with Crippen molar-refractivity contribution in [2.24, 2.45) is 12.5 Å². The van der Waals surface area contributed by atoms with E-state index in [0.717, 1.165) is 17.3 Å². The maximum absolute atomic E-state index is 4.67. The molecule has 100 valence electrons. The Balaban J connectivity index is 1.68. The van der Waals surface area contributed by atoms with Crippen molar-refractivity contribution in [2.75, 3.05) is 13.1 Å². The number of benzene rings is 1. The van der Waals surface area contributed by atoms with E-state index in [2.05, 4.69) is 47.0 Å². The average molecular weight is 255 g/mol. The van der Waals surface area contributed by atoms with Crippen LogP contribution >= 0.6 is 0 Å². The molecule has 0 bridgehead atoms. The van der Waals surface area contributed by atoms with Crippen molar-refractivity contribution < 1.29 is 0 Å². The van der Waals surface area contributed by atoms with E-state index < -0.39 is 0 Å². The van der Waals surface area contributed by atoms with Crippen LogP contribution in [0, 0.1) is 12.3 Å². The molecule has 0 amide bonds. The van der Waals surface area contributed by atoms with Crippen LogP contribution in [0.2, 0.25) is 0 Å². The quantitative estimate of drug-likeness (QED) is 0.849. The second-order valence-corrected chi connectivity index (χ2v) is 6.51. The van der Waals surface area contributed by atoms with Gasteiger partial charge in [-0.3, -0.25) is 0 Å². The topological polar surface area (TPSA) is 29.9 Å². The fourth-order valence-corrected chi connectivity index (χ4v) is 3.88. The Bertz CT molecular complexity index is 637. The molecule has 0 radical (unpaired) electrons. The summed E-state index contributed by atoms with van der Waals surface area (Å²) in [5, 5.41) is 3.44. The molecule has 2 fully saturated rings. The molecule has 1 aromatic heterocycles. The lowest BCUT2D eigenvalue weighted by molar-refractivity contribution is 0.175. The third kappa shape index (κ3) is 1.64. The Labute approximate surface area is 114 Å². The minimum absolute atomic E-state index is 0.625. The molecule has 2 aromatic rings. The molecular formula is C16H21N3. The van der Waals surface area contributed by atoms with Gasteiger partial charge in [0.15, 0.2) is 0 Å². The number of aryl methyl sites for hydroxylation is 2. The van der Waals surface area contributed by atoms with Crippen LogP contribution in [0.4, 0.5) is 0 Å². The number of hydrogen-bond donors (Lipinski definition) is 1. The van der Waals surface area contributed by atoms with E-state index >= 15 is 0 Å². The van der Waals surface area contributed by atoms with Gasteiger partial charge in [-0.15, -0.1) is 0 Å². The van der Waals surface area contributed by atoms with Crippen LogP contribution in [-0.4, -0.2) is 22.6 Å². The minimum atomic E-state index is 0.625. The Hall–Kier alpha value is -1.35. The zero-order valence-corrected chi connectivity index (χ0v) is 11.7. The van der Waals surface area contributed by atoms with E-state index in [1.807, 2.05) is 0 Å². The van der Waals surface area contributed by atoms with Gasteiger partial charge in [0.1, 0.15) is 5.82 Å². The van der Waals surface area contributed by atoms with Crippen LogP contribution in [0.15, 0.2) is 18.2 Å². The van der Waals surface area contributed by atoms with Gasteiger partial charge in [-0.05, 0) is 55.2 Å². The molecule has 1 saturated heterocycles. The second-order valence-electron chi connectivity index (χ2n) is 6.51. The Morgan fingerprint density at radius 1 is 1.37 bits per heavy atom. The normalized spacial score (nSPS) is 25.1. The lowest BCUT2D eigenvalue weighted by Crippen LogP contribution is -2.51. The van der Waals surface area contributed by atoms with Crippen molar-refractivity contribution in [1.29, 1.82) is 0 Å². The maximum Gasteiger partial charge on any atom is 0.106 e. The van der Waals surface area contributed by atoms with E-state index in [-0.39, 0.29) is 0 Å². The van der Waals surface area contributed by atoms with Crippen LogP contribution in [-0.2, 0) is 7.05 Å². The van der Waals surface area contributed by atoms with Gasteiger partial charge >= 0.3 is 0 Å². The Morgan fingerprint density at radius 2 is 2.21 bits per heavy atom. The highest BCUT2D eigenvalue weighted by Gasteiger charge is 2.43. The van der Waals surface area contributed by atoms with Crippen molar-refractivity contribution in [3.05, 3.63) is 29.6 Å². The van der Waals surface area contributed by atoms with Crippen LogP contribution in [0.5, 0.6) is 0 Å². The highest BCUT2D eigenvalue weighted by molar-refractivity contribution is 5.77. The molecule has 2 aliphatic rings. The first-order valence-corrected chi connectivity index (χ1v) is 7.31. The van der Waals surface area contributed by atoms with E-state index in [9.17, 15) is 0 Å². The molecule has 2 heterocycles. The summed E-state index contributed by atoms with van der Waals surface area (Å²) in [6.07, 6.45) is 4.10. The minimum Gasteiger partial charge on any atom is -0.331 e. The molecule has 1 aliphatic carbocycles. The molecule has 3 heteroatoms. The van der Waals surface area contributed by atoms with Crippen LogP contribution in [0.1, 0.15) is 36.6 Å². The molecule has 1 atom stereocenters. The fraction of sp³-hybridized carbons (Fsp3) is 0.562. The summed E-state index contributed by atoms with van der Waals surface area (Å²) >= 11 is 0. The number of aromatic nitrogens is 2. The number of nitrogens with zero attached hydrogens (tertiary/aromatic N) is 2. The number of imidazole rings is 1. The summed E-state index contributed by atoms with van der Waals surface area (Å²) < 4.78 is 2.17. The summed E-state index contributed by atoms with van der Waals surface area (Å²) in [6, 6.07) is 6.88.